The van der Waals surface area contributed by atoms with Gasteiger partial charge in [-0.15, -0.1) is 0 Å². The van der Waals surface area contributed by atoms with E-state index in [0.29, 0.717) is 29.5 Å². The third-order valence-corrected chi connectivity index (χ3v) is 5.61. The molecule has 0 radical (unpaired) electrons. The second-order valence-electron chi connectivity index (χ2n) is 8.17. The fourth-order valence-electron chi connectivity index (χ4n) is 4.14. The number of anilines is 1. The molecule has 6 nitrogen and oxygen atoms in total. The summed E-state index contributed by atoms with van der Waals surface area (Å²) >= 11 is 0. The smallest absolute Gasteiger partial charge is 0.321 e. The first-order valence-electron chi connectivity index (χ1n) is 10.6. The number of amides is 1. The number of imidazole rings is 1. The van der Waals surface area contributed by atoms with Gasteiger partial charge in [0.1, 0.15) is 5.82 Å². The standard InChI is InChI=1S/C24H26FN3O3/c1-4-31-23(30)20-21(16-8-7-9-17(25)14-16)28-19-11-6-5-10-18(19)26-24(28)27(22(20)29)13-12-15(2)3/h5-11,14-15,20-21H,4,12-13H2,1-3H3/t20-,21+/m0/s1. The number of hydrogen-bond donors (Lipinski definition) is 0. The summed E-state index contributed by atoms with van der Waals surface area (Å²) in [5.74, 6) is -1.69. The van der Waals surface area contributed by atoms with Crippen molar-refractivity contribution in [2.75, 3.05) is 18.1 Å². The van der Waals surface area contributed by atoms with Gasteiger partial charge in [0.25, 0.3) is 0 Å². The maximum atomic E-state index is 14.2. The molecule has 7 heteroatoms. The van der Waals surface area contributed by atoms with Crippen LogP contribution in [0.25, 0.3) is 11.0 Å². The van der Waals surface area contributed by atoms with Crippen LogP contribution in [0.3, 0.4) is 0 Å². The summed E-state index contributed by atoms with van der Waals surface area (Å²) in [6, 6.07) is 12.8. The zero-order valence-electron chi connectivity index (χ0n) is 17.9. The molecule has 2 aromatic carbocycles. The number of carbonyl (C=O) groups is 2. The van der Waals surface area contributed by atoms with Crippen LogP contribution in [0.15, 0.2) is 48.5 Å². The van der Waals surface area contributed by atoms with Crippen molar-refractivity contribution in [3.8, 4) is 0 Å². The Morgan fingerprint density at radius 1 is 1.19 bits per heavy atom. The first-order valence-corrected chi connectivity index (χ1v) is 10.6. The first kappa shape index (κ1) is 21.0. The molecule has 0 bridgehead atoms. The molecular formula is C24H26FN3O3. The monoisotopic (exact) mass is 423 g/mol. The second-order valence-corrected chi connectivity index (χ2v) is 8.17. The molecule has 2 atom stereocenters. The van der Waals surface area contributed by atoms with Crippen molar-refractivity contribution in [3.63, 3.8) is 0 Å². The SMILES string of the molecule is CCOC(=O)[C@@H]1C(=O)N(CCC(C)C)c2nc3ccccc3n2[C@@H]1c1cccc(F)c1. The third-order valence-electron chi connectivity index (χ3n) is 5.61. The van der Waals surface area contributed by atoms with Crippen molar-refractivity contribution in [1.82, 2.24) is 9.55 Å². The van der Waals surface area contributed by atoms with Crippen molar-refractivity contribution in [1.29, 1.82) is 0 Å². The molecule has 162 valence electrons. The molecule has 1 aromatic heterocycles. The van der Waals surface area contributed by atoms with Crippen molar-refractivity contribution in [2.24, 2.45) is 11.8 Å². The lowest BCUT2D eigenvalue weighted by molar-refractivity contribution is -0.153. The second kappa shape index (κ2) is 8.49. The topological polar surface area (TPSA) is 64.4 Å². The predicted molar refractivity (Wildman–Crippen MR) is 116 cm³/mol. The number of carbonyl (C=O) groups excluding carboxylic acids is 2. The lowest BCUT2D eigenvalue weighted by atomic mass is 9.89. The van der Waals surface area contributed by atoms with Crippen molar-refractivity contribution < 1.29 is 18.7 Å². The van der Waals surface area contributed by atoms with E-state index in [1.807, 2.05) is 28.8 Å². The van der Waals surface area contributed by atoms with Gasteiger partial charge in [-0.25, -0.2) is 9.37 Å². The van der Waals surface area contributed by atoms with Gasteiger partial charge in [0.2, 0.25) is 11.9 Å². The van der Waals surface area contributed by atoms with E-state index in [1.54, 1.807) is 24.0 Å². The van der Waals surface area contributed by atoms with Gasteiger partial charge in [-0.2, -0.15) is 0 Å². The Morgan fingerprint density at radius 3 is 2.68 bits per heavy atom. The Balaban J connectivity index is 1.97. The quantitative estimate of drug-likeness (QED) is 0.437. The van der Waals surface area contributed by atoms with Crippen LogP contribution in [0, 0.1) is 17.7 Å². The Bertz CT molecular complexity index is 1120. The Labute approximate surface area is 180 Å². The van der Waals surface area contributed by atoms with Gasteiger partial charge in [-0.05, 0) is 49.1 Å². The third kappa shape index (κ3) is 3.80. The zero-order valence-corrected chi connectivity index (χ0v) is 17.9. The number of ether oxygens (including phenoxy) is 1. The highest BCUT2D eigenvalue weighted by Crippen LogP contribution is 2.41. The van der Waals surface area contributed by atoms with Crippen LogP contribution < -0.4 is 4.90 Å². The molecule has 1 amide bonds. The molecule has 2 heterocycles. The molecule has 0 spiro atoms. The summed E-state index contributed by atoms with van der Waals surface area (Å²) in [5.41, 5.74) is 2.02. The highest BCUT2D eigenvalue weighted by atomic mass is 19.1. The first-order chi connectivity index (χ1) is 14.9. The summed E-state index contributed by atoms with van der Waals surface area (Å²) < 4.78 is 21.3. The highest BCUT2D eigenvalue weighted by Gasteiger charge is 2.47. The van der Waals surface area contributed by atoms with Gasteiger partial charge in [0, 0.05) is 6.54 Å². The van der Waals surface area contributed by atoms with Crippen LogP contribution in [-0.2, 0) is 14.3 Å². The van der Waals surface area contributed by atoms with E-state index >= 15 is 0 Å². The lowest BCUT2D eigenvalue weighted by Gasteiger charge is -2.38. The molecule has 4 rings (SSSR count). The summed E-state index contributed by atoms with van der Waals surface area (Å²) in [4.78, 5) is 33.0. The molecule has 0 saturated heterocycles. The molecule has 0 saturated carbocycles. The van der Waals surface area contributed by atoms with E-state index in [2.05, 4.69) is 13.8 Å². The van der Waals surface area contributed by atoms with Crippen LogP contribution in [0.1, 0.15) is 38.8 Å². The minimum Gasteiger partial charge on any atom is -0.465 e. The summed E-state index contributed by atoms with van der Waals surface area (Å²) in [6.45, 7) is 6.45. The van der Waals surface area contributed by atoms with E-state index in [9.17, 15) is 14.0 Å². The molecule has 1 aliphatic heterocycles. The van der Waals surface area contributed by atoms with Gasteiger partial charge >= 0.3 is 5.97 Å². The van der Waals surface area contributed by atoms with Crippen LogP contribution in [0.2, 0.25) is 0 Å². The minimum absolute atomic E-state index is 0.155. The number of halogens is 1. The van der Waals surface area contributed by atoms with Gasteiger partial charge in [0.05, 0.1) is 23.7 Å². The number of aromatic nitrogens is 2. The molecular weight excluding hydrogens is 397 g/mol. The number of rotatable bonds is 6. The maximum Gasteiger partial charge on any atom is 0.321 e. The van der Waals surface area contributed by atoms with E-state index in [1.165, 1.54) is 12.1 Å². The van der Waals surface area contributed by atoms with Gasteiger partial charge < -0.3 is 9.30 Å². The fourth-order valence-corrected chi connectivity index (χ4v) is 4.14. The van der Waals surface area contributed by atoms with E-state index in [0.717, 1.165) is 11.9 Å². The lowest BCUT2D eigenvalue weighted by Crippen LogP contribution is -2.50. The normalized spacial score (nSPS) is 18.5. The molecule has 1 aliphatic rings. The van der Waals surface area contributed by atoms with Crippen LogP contribution in [0.4, 0.5) is 10.3 Å². The Kier molecular flexibility index (Phi) is 5.76. The molecule has 0 N–H and O–H groups in total. The van der Waals surface area contributed by atoms with Gasteiger partial charge in [-0.3, -0.25) is 14.5 Å². The number of fused-ring (bicyclic) bond motifs is 3. The minimum atomic E-state index is -1.13. The zero-order chi connectivity index (χ0) is 22.1. The summed E-state index contributed by atoms with van der Waals surface area (Å²) in [5, 5.41) is 0. The largest absolute Gasteiger partial charge is 0.465 e. The molecule has 0 aliphatic carbocycles. The maximum absolute atomic E-state index is 14.2. The van der Waals surface area contributed by atoms with Crippen LogP contribution in [0.5, 0.6) is 0 Å². The predicted octanol–water partition coefficient (Wildman–Crippen LogP) is 4.34. The van der Waals surface area contributed by atoms with Crippen LogP contribution >= 0.6 is 0 Å². The van der Waals surface area contributed by atoms with Gasteiger partial charge in [-0.1, -0.05) is 38.1 Å². The van der Waals surface area contributed by atoms with Crippen LogP contribution in [-0.4, -0.2) is 34.6 Å². The number of esters is 1. The van der Waals surface area contributed by atoms with Crippen molar-refractivity contribution in [2.45, 2.75) is 33.2 Å². The Morgan fingerprint density at radius 2 is 1.97 bits per heavy atom. The molecule has 3 aromatic rings. The number of para-hydroxylation sites is 2. The van der Waals surface area contributed by atoms with Crippen molar-refractivity contribution >= 4 is 28.9 Å². The number of nitrogens with zero attached hydrogens (tertiary/aromatic N) is 3. The van der Waals surface area contributed by atoms with Gasteiger partial charge in [0.15, 0.2) is 5.92 Å². The summed E-state index contributed by atoms with van der Waals surface area (Å²) in [7, 11) is 0. The van der Waals surface area contributed by atoms with E-state index in [-0.39, 0.29) is 12.5 Å². The Hall–Kier alpha value is -3.22. The highest BCUT2D eigenvalue weighted by molar-refractivity contribution is 6.08. The summed E-state index contributed by atoms with van der Waals surface area (Å²) in [6.07, 6.45) is 0.759. The van der Waals surface area contributed by atoms with Crippen molar-refractivity contribution in [3.05, 3.63) is 59.9 Å². The average molecular weight is 423 g/mol. The molecule has 31 heavy (non-hydrogen) atoms. The number of hydrogen-bond acceptors (Lipinski definition) is 4. The number of benzene rings is 2. The van der Waals surface area contributed by atoms with E-state index in [4.69, 9.17) is 9.72 Å². The average Bonchev–Trinajstić information content (AvgIpc) is 3.11. The fraction of sp³-hybridized carbons (Fsp3) is 0.375. The molecule has 0 unspecified atom stereocenters. The van der Waals surface area contributed by atoms with E-state index < -0.39 is 23.7 Å². The molecule has 0 fully saturated rings.